The summed E-state index contributed by atoms with van der Waals surface area (Å²) in [5, 5.41) is 1.50. The van der Waals surface area contributed by atoms with E-state index in [1.54, 1.807) is 23.9 Å². The van der Waals surface area contributed by atoms with E-state index < -0.39 is 0 Å². The fourth-order valence-electron chi connectivity index (χ4n) is 3.79. The van der Waals surface area contributed by atoms with Gasteiger partial charge in [0.15, 0.2) is 0 Å². The third-order valence-electron chi connectivity index (χ3n) is 5.35. The quantitative estimate of drug-likeness (QED) is 0.478. The van der Waals surface area contributed by atoms with Crippen molar-refractivity contribution in [2.24, 2.45) is 0 Å². The van der Waals surface area contributed by atoms with Gasteiger partial charge >= 0.3 is 0 Å². The molecule has 0 unspecified atom stereocenters. The summed E-state index contributed by atoms with van der Waals surface area (Å²) in [7, 11) is 0. The number of nitrogens with one attached hydrogen (secondary N) is 2. The van der Waals surface area contributed by atoms with E-state index in [-0.39, 0.29) is 5.28 Å². The van der Waals surface area contributed by atoms with Gasteiger partial charge in [0, 0.05) is 10.5 Å². The van der Waals surface area contributed by atoms with Crippen LogP contribution in [0.1, 0.15) is 89.9 Å². The van der Waals surface area contributed by atoms with E-state index in [0.717, 1.165) is 0 Å². The van der Waals surface area contributed by atoms with Crippen LogP contribution in [0.25, 0.3) is 0 Å². The molecule has 1 aromatic rings. The lowest BCUT2D eigenvalue weighted by Gasteiger charge is -2.20. The minimum absolute atomic E-state index is 0.242. The first-order chi connectivity index (χ1) is 13.3. The van der Waals surface area contributed by atoms with Crippen LogP contribution in [0.5, 0.6) is 0 Å². The summed E-state index contributed by atoms with van der Waals surface area (Å²) >= 11 is 9.62. The molecule has 2 saturated carbocycles. The van der Waals surface area contributed by atoms with E-state index in [1.165, 1.54) is 89.9 Å². The zero-order chi connectivity index (χ0) is 18.7. The van der Waals surface area contributed by atoms with E-state index in [9.17, 15) is 0 Å². The van der Waals surface area contributed by atoms with Gasteiger partial charge < -0.3 is 0 Å². The summed E-state index contributed by atoms with van der Waals surface area (Å²) in [6.45, 7) is 0. The van der Waals surface area contributed by atoms with Crippen molar-refractivity contribution in [1.29, 1.82) is 0 Å². The van der Waals surface area contributed by atoms with Gasteiger partial charge in [0.05, 0.1) is 0 Å². The Hall–Kier alpha value is -0.400. The van der Waals surface area contributed by atoms with Crippen molar-refractivity contribution in [3.8, 4) is 0 Å². The molecule has 0 saturated heterocycles. The van der Waals surface area contributed by atoms with Gasteiger partial charge in [0.1, 0.15) is 0 Å². The molecule has 0 atom stereocenters. The zero-order valence-corrected chi connectivity index (χ0v) is 18.5. The van der Waals surface area contributed by atoms with Crippen LogP contribution in [0.3, 0.4) is 0 Å². The highest BCUT2D eigenvalue weighted by Gasteiger charge is 2.15. The van der Waals surface area contributed by atoms with E-state index in [1.807, 2.05) is 0 Å². The lowest BCUT2D eigenvalue weighted by Crippen LogP contribution is -2.11. The van der Waals surface area contributed by atoms with E-state index in [0.29, 0.717) is 22.4 Å². The first-order valence-electron chi connectivity index (χ1n) is 10.5. The molecule has 0 spiro atoms. The van der Waals surface area contributed by atoms with Gasteiger partial charge in [-0.2, -0.15) is 15.0 Å². The number of halogens is 1. The Morgan fingerprint density at radius 2 is 0.963 bits per heavy atom. The molecule has 1 aromatic heterocycles. The lowest BCUT2D eigenvalue weighted by molar-refractivity contribution is 0.513. The maximum atomic E-state index is 6.13. The van der Waals surface area contributed by atoms with Crippen LogP contribution >= 0.6 is 35.5 Å². The predicted molar refractivity (Wildman–Crippen MR) is 119 cm³/mol. The Kier molecular flexibility index (Phi) is 9.65. The zero-order valence-electron chi connectivity index (χ0n) is 16.1. The molecule has 0 aliphatic heterocycles. The van der Waals surface area contributed by atoms with Crippen molar-refractivity contribution >= 4 is 47.4 Å². The molecule has 0 aromatic carbocycles. The van der Waals surface area contributed by atoms with Gasteiger partial charge in [-0.3, -0.25) is 9.44 Å². The van der Waals surface area contributed by atoms with Gasteiger partial charge in [-0.25, -0.2) is 0 Å². The molecule has 2 N–H and O–H groups in total. The number of rotatable bonds is 6. The normalized spacial score (nSPS) is 20.9. The standard InChI is InChI=1S/C19H32ClN5S2/c20-17-21-18(24-26-15-11-7-3-1-4-8-12-15)23-19(22-17)25-27-16-13-9-5-2-6-10-14-16/h15-16H,1-14H2,(H2,21,22,23,24,25). The third-order valence-corrected chi connectivity index (χ3v) is 7.73. The molecule has 0 radical (unpaired) electrons. The van der Waals surface area contributed by atoms with Crippen molar-refractivity contribution in [3.63, 3.8) is 0 Å². The van der Waals surface area contributed by atoms with Crippen molar-refractivity contribution in [3.05, 3.63) is 5.28 Å². The number of hydrogen-bond acceptors (Lipinski definition) is 7. The first kappa shape index (κ1) is 21.3. The Balaban J connectivity index is 1.49. The molecule has 27 heavy (non-hydrogen) atoms. The molecule has 0 amide bonds. The van der Waals surface area contributed by atoms with Crippen LogP contribution < -0.4 is 9.44 Å². The Labute approximate surface area is 177 Å². The SMILES string of the molecule is Clc1nc(NSC2CCCCCCC2)nc(NSC2CCCCCCC2)n1. The maximum Gasteiger partial charge on any atom is 0.239 e. The average molecular weight is 430 g/mol. The summed E-state index contributed by atoms with van der Waals surface area (Å²) in [5.41, 5.74) is 0. The highest BCUT2D eigenvalue weighted by molar-refractivity contribution is 8.01. The second kappa shape index (κ2) is 12.2. The number of anilines is 2. The van der Waals surface area contributed by atoms with Crippen LogP contribution in [0.2, 0.25) is 5.28 Å². The van der Waals surface area contributed by atoms with Gasteiger partial charge in [-0.1, -0.05) is 64.2 Å². The molecule has 2 aliphatic carbocycles. The molecular weight excluding hydrogens is 398 g/mol. The molecule has 0 bridgehead atoms. The fourth-order valence-corrected chi connectivity index (χ4v) is 5.81. The molecule has 152 valence electrons. The van der Waals surface area contributed by atoms with Gasteiger partial charge in [-0.15, -0.1) is 0 Å². The Bertz CT molecular complexity index is 503. The van der Waals surface area contributed by atoms with Crippen LogP contribution in [0, 0.1) is 0 Å². The second-order valence-electron chi connectivity index (χ2n) is 7.63. The van der Waals surface area contributed by atoms with Crippen molar-refractivity contribution in [1.82, 2.24) is 15.0 Å². The number of aromatic nitrogens is 3. The van der Waals surface area contributed by atoms with Crippen LogP contribution in [-0.4, -0.2) is 25.5 Å². The van der Waals surface area contributed by atoms with E-state index in [2.05, 4.69) is 24.4 Å². The van der Waals surface area contributed by atoms with Crippen molar-refractivity contribution in [2.45, 2.75) is 100 Å². The minimum atomic E-state index is 0.242. The topological polar surface area (TPSA) is 62.7 Å². The van der Waals surface area contributed by atoms with Crippen molar-refractivity contribution in [2.75, 3.05) is 9.44 Å². The molecule has 1 heterocycles. The molecule has 5 nitrogen and oxygen atoms in total. The lowest BCUT2D eigenvalue weighted by atomic mass is 10.0. The molecule has 8 heteroatoms. The van der Waals surface area contributed by atoms with Crippen LogP contribution in [0.4, 0.5) is 11.9 Å². The highest BCUT2D eigenvalue weighted by atomic mass is 35.5. The maximum absolute atomic E-state index is 6.13. The monoisotopic (exact) mass is 429 g/mol. The summed E-state index contributed by atoms with van der Waals surface area (Å²) in [6, 6.07) is 0. The number of nitrogens with zero attached hydrogens (tertiary/aromatic N) is 3. The van der Waals surface area contributed by atoms with Crippen molar-refractivity contribution < 1.29 is 0 Å². The molecule has 2 fully saturated rings. The summed E-state index contributed by atoms with van der Waals surface area (Å²) in [6.07, 6.45) is 18.6. The second-order valence-corrected chi connectivity index (χ2v) is 10.2. The van der Waals surface area contributed by atoms with E-state index in [4.69, 9.17) is 11.6 Å². The smallest absolute Gasteiger partial charge is 0.239 e. The Morgan fingerprint density at radius 3 is 1.37 bits per heavy atom. The van der Waals surface area contributed by atoms with Crippen LogP contribution in [-0.2, 0) is 0 Å². The average Bonchev–Trinajstić information content (AvgIpc) is 2.59. The summed E-state index contributed by atoms with van der Waals surface area (Å²) in [5.74, 6) is 1.12. The third kappa shape index (κ3) is 8.24. The van der Waals surface area contributed by atoms with E-state index >= 15 is 0 Å². The van der Waals surface area contributed by atoms with Gasteiger partial charge in [0.25, 0.3) is 0 Å². The predicted octanol–water partition coefficient (Wildman–Crippen LogP) is 6.87. The molecule has 2 aliphatic rings. The fraction of sp³-hybridized carbons (Fsp3) is 0.842. The minimum Gasteiger partial charge on any atom is -0.298 e. The summed E-state index contributed by atoms with van der Waals surface area (Å²) in [4.78, 5) is 13.0. The largest absolute Gasteiger partial charge is 0.298 e. The van der Waals surface area contributed by atoms with Gasteiger partial charge in [-0.05, 0) is 61.2 Å². The summed E-state index contributed by atoms with van der Waals surface area (Å²) < 4.78 is 6.64. The molecular formula is C19H32ClN5S2. The first-order valence-corrected chi connectivity index (χ1v) is 12.7. The Morgan fingerprint density at radius 1 is 0.593 bits per heavy atom. The van der Waals surface area contributed by atoms with Crippen LogP contribution in [0.15, 0.2) is 0 Å². The van der Waals surface area contributed by atoms with Gasteiger partial charge in [0.2, 0.25) is 17.2 Å². The highest BCUT2D eigenvalue weighted by Crippen LogP contribution is 2.29. The molecule has 3 rings (SSSR count). The number of hydrogen-bond donors (Lipinski definition) is 2.